The molecule has 3 amide bonds. The summed E-state index contributed by atoms with van der Waals surface area (Å²) < 4.78 is 5.37. The molecule has 2 saturated heterocycles. The largest absolute Gasteiger partial charge is 0.379 e. The third-order valence-electron chi connectivity index (χ3n) is 6.90. The van der Waals surface area contributed by atoms with E-state index in [0.717, 1.165) is 44.8 Å². The van der Waals surface area contributed by atoms with Crippen LogP contribution in [0.15, 0.2) is 48.5 Å². The van der Waals surface area contributed by atoms with Gasteiger partial charge < -0.3 is 19.9 Å². The Morgan fingerprint density at radius 3 is 2.62 bits per heavy atom. The van der Waals surface area contributed by atoms with Crippen molar-refractivity contribution in [2.24, 2.45) is 0 Å². The van der Waals surface area contributed by atoms with E-state index >= 15 is 0 Å². The van der Waals surface area contributed by atoms with Crippen LogP contribution < -0.4 is 10.2 Å². The first-order valence-electron chi connectivity index (χ1n) is 12.0. The van der Waals surface area contributed by atoms with E-state index in [9.17, 15) is 14.4 Å². The van der Waals surface area contributed by atoms with Crippen molar-refractivity contribution in [3.63, 3.8) is 0 Å². The number of benzene rings is 2. The molecular weight excluding hydrogens is 432 g/mol. The van der Waals surface area contributed by atoms with E-state index in [1.165, 1.54) is 0 Å². The third kappa shape index (κ3) is 4.43. The van der Waals surface area contributed by atoms with Gasteiger partial charge in [-0.25, -0.2) is 0 Å². The monoisotopic (exact) mass is 462 g/mol. The SMILES string of the molecule is O=C(NCCN1CCOCC1)c1ccccc1CN1C(=O)C2CCCN2C(=O)c2ccccc21. The normalized spacial score (nSPS) is 20.6. The first kappa shape index (κ1) is 22.6. The summed E-state index contributed by atoms with van der Waals surface area (Å²) >= 11 is 0. The second-order valence-electron chi connectivity index (χ2n) is 8.97. The summed E-state index contributed by atoms with van der Waals surface area (Å²) in [6.45, 7) is 5.35. The number of nitrogens with zero attached hydrogens (tertiary/aromatic N) is 3. The van der Waals surface area contributed by atoms with Gasteiger partial charge in [-0.3, -0.25) is 19.3 Å². The van der Waals surface area contributed by atoms with Gasteiger partial charge in [0, 0.05) is 38.3 Å². The van der Waals surface area contributed by atoms with E-state index in [-0.39, 0.29) is 24.3 Å². The van der Waals surface area contributed by atoms with Crippen molar-refractivity contribution in [1.29, 1.82) is 0 Å². The number of hydrogen-bond acceptors (Lipinski definition) is 5. The maximum Gasteiger partial charge on any atom is 0.256 e. The second kappa shape index (κ2) is 9.95. The summed E-state index contributed by atoms with van der Waals surface area (Å²) in [6, 6.07) is 14.2. The summed E-state index contributed by atoms with van der Waals surface area (Å²) in [6.07, 6.45) is 1.49. The van der Waals surface area contributed by atoms with Gasteiger partial charge in [0.25, 0.3) is 11.8 Å². The fourth-order valence-electron chi connectivity index (χ4n) is 5.07. The molecular formula is C26H30N4O4. The predicted molar refractivity (Wildman–Crippen MR) is 128 cm³/mol. The van der Waals surface area contributed by atoms with Crippen LogP contribution in [0.5, 0.6) is 0 Å². The van der Waals surface area contributed by atoms with E-state index in [1.807, 2.05) is 36.4 Å². The average molecular weight is 463 g/mol. The van der Waals surface area contributed by atoms with Crippen LogP contribution in [-0.4, -0.2) is 79.5 Å². The Morgan fingerprint density at radius 2 is 1.76 bits per heavy atom. The molecule has 3 aliphatic rings. The highest BCUT2D eigenvalue weighted by molar-refractivity contribution is 6.11. The molecule has 3 aliphatic heterocycles. The van der Waals surface area contributed by atoms with Gasteiger partial charge in [0.1, 0.15) is 6.04 Å². The van der Waals surface area contributed by atoms with Gasteiger partial charge in [0.05, 0.1) is 31.0 Å². The lowest BCUT2D eigenvalue weighted by molar-refractivity contribution is -0.122. The zero-order valence-corrected chi connectivity index (χ0v) is 19.2. The number of nitrogens with one attached hydrogen (secondary N) is 1. The molecule has 3 heterocycles. The summed E-state index contributed by atoms with van der Waals surface area (Å²) in [5.74, 6) is -0.334. The molecule has 1 atom stereocenters. The lowest BCUT2D eigenvalue weighted by Crippen LogP contribution is -2.45. The van der Waals surface area contributed by atoms with Gasteiger partial charge in [0.2, 0.25) is 5.91 Å². The van der Waals surface area contributed by atoms with Crippen LogP contribution in [0.1, 0.15) is 39.1 Å². The van der Waals surface area contributed by atoms with Gasteiger partial charge in [0.15, 0.2) is 0 Å². The predicted octanol–water partition coefficient (Wildman–Crippen LogP) is 1.90. The Hall–Kier alpha value is -3.23. The van der Waals surface area contributed by atoms with Crippen molar-refractivity contribution in [2.45, 2.75) is 25.4 Å². The topological polar surface area (TPSA) is 82.2 Å². The van der Waals surface area contributed by atoms with Crippen molar-refractivity contribution in [3.8, 4) is 0 Å². The molecule has 8 heteroatoms. The molecule has 2 aromatic carbocycles. The average Bonchev–Trinajstić information content (AvgIpc) is 3.35. The Bertz CT molecular complexity index is 1080. The van der Waals surface area contributed by atoms with Crippen LogP contribution in [0.3, 0.4) is 0 Å². The first-order valence-corrected chi connectivity index (χ1v) is 12.0. The van der Waals surface area contributed by atoms with Gasteiger partial charge in [-0.15, -0.1) is 0 Å². The van der Waals surface area contributed by atoms with Crippen LogP contribution >= 0.6 is 0 Å². The van der Waals surface area contributed by atoms with Crippen LogP contribution in [0.25, 0.3) is 0 Å². The summed E-state index contributed by atoms with van der Waals surface area (Å²) in [5, 5.41) is 3.02. The number of ether oxygens (including phenoxy) is 1. The molecule has 0 aliphatic carbocycles. The van der Waals surface area contributed by atoms with E-state index in [2.05, 4.69) is 10.2 Å². The molecule has 34 heavy (non-hydrogen) atoms. The van der Waals surface area contributed by atoms with E-state index in [0.29, 0.717) is 36.3 Å². The Morgan fingerprint density at radius 1 is 1.00 bits per heavy atom. The second-order valence-corrected chi connectivity index (χ2v) is 8.97. The van der Waals surface area contributed by atoms with Gasteiger partial charge in [-0.05, 0) is 36.6 Å². The molecule has 0 bridgehead atoms. The number of morpholine rings is 1. The molecule has 0 radical (unpaired) electrons. The van der Waals surface area contributed by atoms with Crippen molar-refractivity contribution < 1.29 is 19.1 Å². The molecule has 178 valence electrons. The zero-order chi connectivity index (χ0) is 23.5. The lowest BCUT2D eigenvalue weighted by atomic mass is 10.0. The number of amides is 3. The highest BCUT2D eigenvalue weighted by Gasteiger charge is 2.42. The number of anilines is 1. The van der Waals surface area contributed by atoms with Gasteiger partial charge >= 0.3 is 0 Å². The maximum absolute atomic E-state index is 13.6. The van der Waals surface area contributed by atoms with Crippen molar-refractivity contribution in [3.05, 3.63) is 65.2 Å². The number of para-hydroxylation sites is 1. The van der Waals surface area contributed by atoms with Crippen LogP contribution in [0, 0.1) is 0 Å². The number of carbonyl (C=O) groups is 3. The Kier molecular flexibility index (Phi) is 6.60. The minimum atomic E-state index is -0.450. The standard InChI is InChI=1S/C26H30N4O4/c31-24(27-11-13-28-14-16-34-17-15-28)20-7-2-1-6-19(20)18-30-22-9-4-3-8-21(22)25(32)29-12-5-10-23(29)26(30)33/h1-4,6-9,23H,5,10-18H2,(H,27,31). The van der Waals surface area contributed by atoms with Gasteiger partial charge in [-0.1, -0.05) is 30.3 Å². The molecule has 2 aromatic rings. The minimum Gasteiger partial charge on any atom is -0.379 e. The summed E-state index contributed by atoms with van der Waals surface area (Å²) in [7, 11) is 0. The Balaban J connectivity index is 1.36. The lowest BCUT2D eigenvalue weighted by Gasteiger charge is -2.27. The molecule has 5 rings (SSSR count). The first-order chi connectivity index (χ1) is 16.6. The number of hydrogen-bond donors (Lipinski definition) is 1. The molecule has 0 saturated carbocycles. The molecule has 2 fully saturated rings. The van der Waals surface area contributed by atoms with Crippen LogP contribution in [-0.2, 0) is 16.1 Å². The molecule has 1 N–H and O–H groups in total. The molecule has 1 unspecified atom stereocenters. The maximum atomic E-state index is 13.6. The van der Waals surface area contributed by atoms with Gasteiger partial charge in [-0.2, -0.15) is 0 Å². The fourth-order valence-corrected chi connectivity index (χ4v) is 5.07. The van der Waals surface area contributed by atoms with Crippen LogP contribution in [0.2, 0.25) is 0 Å². The highest BCUT2D eigenvalue weighted by Crippen LogP contribution is 2.33. The van der Waals surface area contributed by atoms with Crippen molar-refractivity contribution in [2.75, 3.05) is 50.8 Å². The van der Waals surface area contributed by atoms with Crippen molar-refractivity contribution >= 4 is 23.4 Å². The molecule has 0 spiro atoms. The minimum absolute atomic E-state index is 0.0849. The Labute approximate surface area is 199 Å². The number of rotatable bonds is 6. The zero-order valence-electron chi connectivity index (χ0n) is 19.2. The van der Waals surface area contributed by atoms with E-state index in [1.54, 1.807) is 21.9 Å². The highest BCUT2D eigenvalue weighted by atomic mass is 16.5. The quantitative estimate of drug-likeness (QED) is 0.709. The van der Waals surface area contributed by atoms with Crippen LogP contribution in [0.4, 0.5) is 5.69 Å². The fraction of sp³-hybridized carbons (Fsp3) is 0.423. The number of carbonyl (C=O) groups excluding carboxylic acids is 3. The summed E-state index contributed by atoms with van der Waals surface area (Å²) in [5.41, 5.74) is 2.45. The summed E-state index contributed by atoms with van der Waals surface area (Å²) in [4.78, 5) is 45.5. The third-order valence-corrected chi connectivity index (χ3v) is 6.90. The van der Waals surface area contributed by atoms with Crippen molar-refractivity contribution in [1.82, 2.24) is 15.1 Å². The number of fused-ring (bicyclic) bond motifs is 2. The molecule has 0 aromatic heterocycles. The van der Waals surface area contributed by atoms with E-state index < -0.39 is 6.04 Å². The van der Waals surface area contributed by atoms with E-state index in [4.69, 9.17) is 4.74 Å². The smallest absolute Gasteiger partial charge is 0.256 e. The molecule has 8 nitrogen and oxygen atoms in total.